The molecular weight excluding hydrogens is 389 g/mol. The van der Waals surface area contributed by atoms with Crippen LogP contribution in [0.4, 0.5) is 0 Å². The van der Waals surface area contributed by atoms with E-state index in [1.54, 1.807) is 0 Å². The summed E-state index contributed by atoms with van der Waals surface area (Å²) in [5.41, 5.74) is 0. The van der Waals surface area contributed by atoms with Crippen LogP contribution < -0.4 is 0 Å². The van der Waals surface area contributed by atoms with E-state index in [0.29, 0.717) is 4.90 Å². The van der Waals surface area contributed by atoms with Crippen LogP contribution in [0.1, 0.15) is 6.92 Å². The maximum absolute atomic E-state index is 9.35. The van der Waals surface area contributed by atoms with Crippen LogP contribution in [0.15, 0.2) is 0 Å². The van der Waals surface area contributed by atoms with Gasteiger partial charge in [0.1, 0.15) is 0 Å². The Kier molecular flexibility index (Phi) is 20.7. The Morgan fingerprint density at radius 3 is 1.31 bits per heavy atom. The van der Waals surface area contributed by atoms with E-state index in [1.807, 2.05) is 0 Å². The minimum Gasteiger partial charge on any atom is -0.639 e. The summed E-state index contributed by atoms with van der Waals surface area (Å²) in [4.78, 5) is 37.9. The van der Waals surface area contributed by atoms with Crippen molar-refractivity contribution in [3.05, 3.63) is 0 Å². The van der Waals surface area contributed by atoms with Gasteiger partial charge in [-0.1, -0.05) is 0 Å². The first-order valence-electron chi connectivity index (χ1n) is 2.87. The molecule has 0 saturated heterocycles. The number of hydrogen-bond acceptors (Lipinski definition) is 4. The molecule has 0 N–H and O–H groups in total. The predicted molar refractivity (Wildman–Crippen MR) is 39.7 cm³/mol. The summed E-state index contributed by atoms with van der Waals surface area (Å²) < 4.78 is 0. The molecule has 6 heteroatoms. The first-order chi connectivity index (χ1) is 5.62. The normalized spacial score (nSPS) is 7.00. The molecule has 0 aromatic carbocycles. The van der Waals surface area contributed by atoms with Crippen LogP contribution in [0.3, 0.4) is 0 Å². The molecule has 13 heavy (non-hydrogen) atoms. The molecule has 0 unspecified atom stereocenters. The molecule has 1 radical (unpaired) electrons. The molecule has 0 aromatic heterocycles. The largest absolute Gasteiger partial charge is 0.639 e. The molecule has 0 rings (SSSR count). The molecule has 0 aliphatic heterocycles. The SMILES string of the molecule is CC([C-]=O)[C-]=O.CN([C-]=O)[C-]=O.[Ac]. The van der Waals surface area contributed by atoms with Crippen molar-refractivity contribution in [1.29, 1.82) is 0 Å². The second-order valence-corrected chi connectivity index (χ2v) is 1.70. The summed E-state index contributed by atoms with van der Waals surface area (Å²) in [7, 11) is 1.26. The summed E-state index contributed by atoms with van der Waals surface area (Å²) in [6.45, 7) is 1.43. The van der Waals surface area contributed by atoms with E-state index in [2.05, 4.69) is 0 Å². The predicted octanol–water partition coefficient (Wildman–Crippen LogP) is -1.11. The topological polar surface area (TPSA) is 71.5 Å². The van der Waals surface area contributed by atoms with Gasteiger partial charge in [-0.3, -0.25) is 12.6 Å². The van der Waals surface area contributed by atoms with E-state index < -0.39 is 5.92 Å². The number of amides is 2. The van der Waals surface area contributed by atoms with Crippen LogP contribution in [0.25, 0.3) is 0 Å². The van der Waals surface area contributed by atoms with E-state index in [0.717, 1.165) is 0 Å². The van der Waals surface area contributed by atoms with Crippen LogP contribution in [-0.4, -0.2) is 37.3 Å². The fourth-order valence-electron chi connectivity index (χ4n) is 0.0427. The van der Waals surface area contributed by atoms with E-state index in [4.69, 9.17) is 0 Å². The third kappa shape index (κ3) is 18.7. The van der Waals surface area contributed by atoms with E-state index in [1.165, 1.54) is 39.4 Å². The van der Waals surface area contributed by atoms with E-state index in [-0.39, 0.29) is 44.1 Å². The van der Waals surface area contributed by atoms with Gasteiger partial charge in [-0.05, 0) is 7.05 Å². The van der Waals surface area contributed by atoms with Gasteiger partial charge in [0.25, 0.3) is 0 Å². The second kappa shape index (κ2) is 14.4. The third-order valence-corrected chi connectivity index (χ3v) is 0.627. The van der Waals surface area contributed by atoms with Gasteiger partial charge < -0.3 is 24.1 Å². The number of imide groups is 1. The van der Waals surface area contributed by atoms with E-state index in [9.17, 15) is 19.2 Å². The van der Waals surface area contributed by atoms with Gasteiger partial charge in [0.05, 0.1) is 0 Å². The Bertz CT molecular complexity index is 129. The quantitative estimate of drug-likeness (QED) is 0.344. The van der Waals surface area contributed by atoms with Crippen molar-refractivity contribution in [1.82, 2.24) is 4.90 Å². The Balaban J connectivity index is -0.000000143. The van der Waals surface area contributed by atoms with Gasteiger partial charge in [-0.15, -0.1) is 6.92 Å². The Morgan fingerprint density at radius 2 is 1.31 bits per heavy atom. The molecule has 5 nitrogen and oxygen atoms in total. The Morgan fingerprint density at radius 1 is 1.00 bits per heavy atom. The van der Waals surface area contributed by atoms with Crippen LogP contribution >= 0.6 is 0 Å². The molecule has 0 aliphatic carbocycles. The number of hydrogen-bond donors (Lipinski definition) is 0. The summed E-state index contributed by atoms with van der Waals surface area (Å²) in [5.74, 6) is -0.676. The van der Waals surface area contributed by atoms with Gasteiger partial charge in [0, 0.05) is 44.1 Å². The molecule has 0 aromatic rings. The molecular formula is C7H7AcNO4-4. The van der Waals surface area contributed by atoms with Gasteiger partial charge in [-0.25, -0.2) is 5.92 Å². The molecule has 0 saturated carbocycles. The molecule has 0 aliphatic rings. The smallest absolute Gasteiger partial charge is 0 e. The Hall–Kier alpha value is -0.0784. The number of rotatable bonds is 4. The van der Waals surface area contributed by atoms with Gasteiger partial charge in [0.2, 0.25) is 0 Å². The zero-order valence-electron chi connectivity index (χ0n) is 7.23. The van der Waals surface area contributed by atoms with Crippen molar-refractivity contribution in [3.8, 4) is 0 Å². The summed E-state index contributed by atoms with van der Waals surface area (Å²) in [6, 6.07) is 0. The van der Waals surface area contributed by atoms with Crippen molar-refractivity contribution in [2.75, 3.05) is 7.05 Å². The molecule has 0 heterocycles. The first kappa shape index (κ1) is 18.7. The van der Waals surface area contributed by atoms with Crippen LogP contribution in [-0.2, 0) is 19.2 Å². The summed E-state index contributed by atoms with van der Waals surface area (Å²) in [5, 5.41) is 0. The minimum atomic E-state index is -0.676. The van der Waals surface area contributed by atoms with Crippen LogP contribution in [0.5, 0.6) is 0 Å². The maximum atomic E-state index is 9.35. The zero-order chi connectivity index (χ0) is 9.98. The van der Waals surface area contributed by atoms with Gasteiger partial charge in [-0.2, -0.15) is 12.8 Å². The van der Waals surface area contributed by atoms with Gasteiger partial charge >= 0.3 is 0 Å². The second-order valence-electron chi connectivity index (χ2n) is 1.70. The average Bonchev–Trinajstić information content (AvgIpc) is 2.16. The van der Waals surface area contributed by atoms with Crippen molar-refractivity contribution in [3.63, 3.8) is 0 Å². The maximum Gasteiger partial charge on any atom is 0 e. The Labute approximate surface area is 112 Å². The van der Waals surface area contributed by atoms with Crippen molar-refractivity contribution < 1.29 is 63.2 Å². The third-order valence-electron chi connectivity index (χ3n) is 0.627. The van der Waals surface area contributed by atoms with Crippen molar-refractivity contribution in [2.24, 2.45) is 5.92 Å². The van der Waals surface area contributed by atoms with Crippen molar-refractivity contribution >= 4 is 25.4 Å². The average molecular weight is 396 g/mol. The first-order valence-corrected chi connectivity index (χ1v) is 2.87. The zero-order valence-corrected chi connectivity index (χ0v) is 12.0. The standard InChI is InChI=1S/C4H4O2.C3H3NO2.Ac/c2*1-4(2-5)3-6;/h4H,1H3;1H3;/q2*-2;. The van der Waals surface area contributed by atoms with Gasteiger partial charge in [0.15, 0.2) is 0 Å². The van der Waals surface area contributed by atoms with Crippen LogP contribution in [0, 0.1) is 50.0 Å². The van der Waals surface area contributed by atoms with Crippen molar-refractivity contribution in [2.45, 2.75) is 6.92 Å². The molecule has 71 valence electrons. The fourth-order valence-corrected chi connectivity index (χ4v) is 0.0427. The fraction of sp³-hybridized carbons (Fsp3) is 0.429. The molecule has 0 fully saturated rings. The van der Waals surface area contributed by atoms with E-state index >= 15 is 0 Å². The number of nitrogens with zero attached hydrogens (tertiary/aromatic N) is 1. The van der Waals surface area contributed by atoms with Crippen LogP contribution in [0.2, 0.25) is 0 Å². The molecule has 0 atom stereocenters. The monoisotopic (exact) mass is 396 g/mol. The summed E-state index contributed by atoms with van der Waals surface area (Å²) >= 11 is 0. The minimum absolute atomic E-state index is 0. The summed E-state index contributed by atoms with van der Waals surface area (Å²) in [6.07, 6.45) is 5.43. The number of carbonyl (C=O) groups excluding carboxylic acids is 4. The molecule has 0 spiro atoms. The molecule has 0 bridgehead atoms. The molecule has 2 amide bonds.